The van der Waals surface area contributed by atoms with Crippen LogP contribution < -0.4 is 0 Å². The molecule has 0 aromatic heterocycles. The largest absolute Gasteiger partial charge is 0.481 e. The summed E-state index contributed by atoms with van der Waals surface area (Å²) in [4.78, 5) is 47.7. The Bertz CT molecular complexity index is 738. The van der Waals surface area contributed by atoms with Crippen molar-refractivity contribution in [1.82, 2.24) is 0 Å². The lowest BCUT2D eigenvalue weighted by Gasteiger charge is -2.23. The van der Waals surface area contributed by atoms with E-state index in [0.29, 0.717) is 12.8 Å². The van der Waals surface area contributed by atoms with Crippen LogP contribution in [-0.2, 0) is 28.7 Å². The maximum absolute atomic E-state index is 12.5. The third-order valence-electron chi connectivity index (χ3n) is 8.20. The quantitative estimate of drug-likeness (QED) is 0.0429. The monoisotopic (exact) mass is 626 g/mol. The number of ether oxygens (including phenoxy) is 2. The summed E-state index contributed by atoms with van der Waals surface area (Å²) in [6.07, 6.45) is 27.9. The van der Waals surface area contributed by atoms with Crippen molar-refractivity contribution in [2.24, 2.45) is 0 Å². The normalized spacial score (nSPS) is 12.5. The number of carbonyl (C=O) groups excluding carboxylic acids is 3. The molecule has 1 atom stereocenters. The number of unbranched alkanes of at least 4 members (excludes halogenated alkanes) is 23. The van der Waals surface area contributed by atoms with Gasteiger partial charge in [-0.25, -0.2) is 4.79 Å². The molecule has 0 heterocycles. The van der Waals surface area contributed by atoms with Crippen LogP contribution in [0.25, 0.3) is 0 Å². The van der Waals surface area contributed by atoms with Gasteiger partial charge in [-0.2, -0.15) is 0 Å². The highest BCUT2D eigenvalue weighted by atomic mass is 16.6. The zero-order valence-corrected chi connectivity index (χ0v) is 28.4. The number of hydrogen-bond donors (Lipinski definition) is 2. The fraction of sp³-hybridized carbons (Fsp3) is 0.889. The van der Waals surface area contributed by atoms with Gasteiger partial charge >= 0.3 is 23.9 Å². The van der Waals surface area contributed by atoms with E-state index in [-0.39, 0.29) is 13.0 Å². The molecule has 0 aliphatic heterocycles. The van der Waals surface area contributed by atoms with Gasteiger partial charge in [-0.1, -0.05) is 162 Å². The Labute approximate surface area is 268 Å². The second-order valence-corrected chi connectivity index (χ2v) is 12.6. The summed E-state index contributed by atoms with van der Waals surface area (Å²) in [5.74, 6) is -4.52. The van der Waals surface area contributed by atoms with Crippen LogP contribution in [0.3, 0.4) is 0 Å². The highest BCUT2D eigenvalue weighted by Gasteiger charge is 2.43. The Morgan fingerprint density at radius 1 is 0.500 bits per heavy atom. The summed E-state index contributed by atoms with van der Waals surface area (Å²) in [5, 5.41) is 19.7. The molecule has 0 fully saturated rings. The fourth-order valence-corrected chi connectivity index (χ4v) is 5.44. The molecule has 0 radical (unpaired) electrons. The van der Waals surface area contributed by atoms with Crippen molar-refractivity contribution >= 4 is 23.9 Å². The second kappa shape index (κ2) is 29.7. The highest BCUT2D eigenvalue weighted by Crippen LogP contribution is 2.20. The maximum Gasteiger partial charge on any atom is 0.339 e. The zero-order chi connectivity index (χ0) is 32.7. The summed E-state index contributed by atoms with van der Waals surface area (Å²) >= 11 is 0. The zero-order valence-electron chi connectivity index (χ0n) is 28.4. The maximum atomic E-state index is 12.5. The number of aliphatic hydroxyl groups is 1. The fourth-order valence-electron chi connectivity index (χ4n) is 5.44. The smallest absolute Gasteiger partial charge is 0.339 e. The molecule has 0 bridgehead atoms. The predicted molar refractivity (Wildman–Crippen MR) is 175 cm³/mol. The van der Waals surface area contributed by atoms with Gasteiger partial charge < -0.3 is 19.7 Å². The summed E-state index contributed by atoms with van der Waals surface area (Å²) in [5.41, 5.74) is -2.57. The van der Waals surface area contributed by atoms with Gasteiger partial charge in [0.05, 0.1) is 19.4 Å². The van der Waals surface area contributed by atoms with Gasteiger partial charge in [0.2, 0.25) is 0 Å². The van der Waals surface area contributed by atoms with E-state index in [4.69, 9.17) is 14.6 Å². The molecule has 0 aromatic rings. The minimum atomic E-state index is -2.57. The summed E-state index contributed by atoms with van der Waals surface area (Å²) in [6.45, 7) is 4.38. The number of esters is 3. The van der Waals surface area contributed by atoms with Crippen molar-refractivity contribution in [1.29, 1.82) is 0 Å². The number of hydrogen-bond acceptors (Lipinski definition) is 7. The lowest BCUT2D eigenvalue weighted by atomic mass is 9.95. The van der Waals surface area contributed by atoms with Crippen molar-refractivity contribution in [3.05, 3.63) is 0 Å². The molecule has 0 amide bonds. The van der Waals surface area contributed by atoms with Crippen molar-refractivity contribution in [2.75, 3.05) is 6.61 Å². The highest BCUT2D eigenvalue weighted by molar-refractivity contribution is 5.92. The van der Waals surface area contributed by atoms with Crippen LogP contribution in [0.5, 0.6) is 0 Å². The first-order valence-corrected chi connectivity index (χ1v) is 18.1. The number of rotatable bonds is 32. The molecule has 0 rings (SSSR count). The molecule has 0 spiro atoms. The van der Waals surface area contributed by atoms with Gasteiger partial charge in [0.25, 0.3) is 0 Å². The first-order chi connectivity index (χ1) is 21.2. The molecule has 0 aromatic carbocycles. The summed E-state index contributed by atoms with van der Waals surface area (Å²) < 4.78 is 9.80. The Kier molecular flexibility index (Phi) is 28.4. The van der Waals surface area contributed by atoms with E-state index >= 15 is 0 Å². The molecular weight excluding hydrogens is 560 g/mol. The first-order valence-electron chi connectivity index (χ1n) is 18.1. The van der Waals surface area contributed by atoms with Gasteiger partial charge in [0.15, 0.2) is 5.60 Å². The minimum absolute atomic E-state index is 0.0332. The van der Waals surface area contributed by atoms with Crippen LogP contribution in [0.2, 0.25) is 0 Å². The van der Waals surface area contributed by atoms with Gasteiger partial charge in [0, 0.05) is 6.42 Å². The minimum Gasteiger partial charge on any atom is -0.481 e. The first kappa shape index (κ1) is 42.0. The predicted octanol–water partition coefficient (Wildman–Crippen LogP) is 9.38. The third kappa shape index (κ3) is 26.4. The van der Waals surface area contributed by atoms with E-state index in [9.17, 15) is 24.3 Å². The topological polar surface area (TPSA) is 127 Å². The molecular formula is C36H66O8. The van der Waals surface area contributed by atoms with Crippen LogP contribution in [0.4, 0.5) is 0 Å². The van der Waals surface area contributed by atoms with E-state index in [1.54, 1.807) is 0 Å². The Hall–Kier alpha value is -1.96. The average molecular weight is 627 g/mol. The lowest BCUT2D eigenvalue weighted by molar-refractivity contribution is -0.178. The number of carboxylic acid groups (broad SMARTS) is 1. The standard InChI is InChI=1S/C36H66O8/c1-3-5-7-9-10-11-12-13-14-15-16-17-18-19-20-21-22-23-25-27-29-43-35(41)36(42,30-32(37)38)31-34(40)44-33(39)28-26-24-8-6-4-2/h42H,3-31H2,1-2H3,(H,37,38). The van der Waals surface area contributed by atoms with Gasteiger partial charge in [-0.05, 0) is 12.8 Å². The molecule has 0 saturated heterocycles. The number of aliphatic carboxylic acids is 1. The summed E-state index contributed by atoms with van der Waals surface area (Å²) in [6, 6.07) is 0. The van der Waals surface area contributed by atoms with Crippen LogP contribution >= 0.6 is 0 Å². The van der Waals surface area contributed by atoms with Gasteiger partial charge in [-0.3, -0.25) is 14.4 Å². The van der Waals surface area contributed by atoms with Crippen LogP contribution in [0.15, 0.2) is 0 Å². The van der Waals surface area contributed by atoms with E-state index in [1.165, 1.54) is 103 Å². The molecule has 2 N–H and O–H groups in total. The van der Waals surface area contributed by atoms with Crippen molar-refractivity contribution in [3.8, 4) is 0 Å². The van der Waals surface area contributed by atoms with E-state index < -0.39 is 42.3 Å². The number of carbonyl (C=O) groups is 4. The average Bonchev–Trinajstić information content (AvgIpc) is 2.97. The molecule has 8 heteroatoms. The molecule has 8 nitrogen and oxygen atoms in total. The SMILES string of the molecule is CCCCCCCCCCCCCCCCCCCCCCOC(=O)C(O)(CC(=O)O)CC(=O)OC(=O)CCCCCCC. The van der Waals surface area contributed by atoms with Crippen molar-refractivity contribution in [3.63, 3.8) is 0 Å². The second-order valence-electron chi connectivity index (χ2n) is 12.6. The van der Waals surface area contributed by atoms with Crippen molar-refractivity contribution < 1.29 is 38.9 Å². The number of carboxylic acids is 1. The van der Waals surface area contributed by atoms with E-state index in [2.05, 4.69) is 13.8 Å². The van der Waals surface area contributed by atoms with E-state index in [1.807, 2.05) is 0 Å². The Morgan fingerprint density at radius 2 is 0.864 bits per heavy atom. The molecule has 0 saturated carbocycles. The molecule has 0 aliphatic rings. The lowest BCUT2D eigenvalue weighted by Crippen LogP contribution is -2.44. The van der Waals surface area contributed by atoms with E-state index in [0.717, 1.165) is 44.9 Å². The van der Waals surface area contributed by atoms with Gasteiger partial charge in [-0.15, -0.1) is 0 Å². The molecule has 0 aliphatic carbocycles. The van der Waals surface area contributed by atoms with Crippen LogP contribution in [0.1, 0.15) is 194 Å². The third-order valence-corrected chi connectivity index (χ3v) is 8.20. The Balaban J connectivity index is 3.86. The molecule has 1 unspecified atom stereocenters. The van der Waals surface area contributed by atoms with Crippen LogP contribution in [-0.4, -0.2) is 46.3 Å². The van der Waals surface area contributed by atoms with Crippen molar-refractivity contribution in [2.45, 2.75) is 199 Å². The summed E-state index contributed by atoms with van der Waals surface area (Å²) in [7, 11) is 0. The van der Waals surface area contributed by atoms with Gasteiger partial charge in [0.1, 0.15) is 0 Å². The van der Waals surface area contributed by atoms with Crippen LogP contribution in [0, 0.1) is 0 Å². The Morgan fingerprint density at radius 3 is 1.25 bits per heavy atom. The molecule has 258 valence electrons. The molecule has 44 heavy (non-hydrogen) atoms.